The topological polar surface area (TPSA) is 138 Å². The number of hydrogen-bond acceptors (Lipinski definition) is 9. The lowest BCUT2D eigenvalue weighted by Crippen LogP contribution is -2.38. The van der Waals surface area contributed by atoms with Crippen LogP contribution in [0.3, 0.4) is 0 Å². The van der Waals surface area contributed by atoms with Gasteiger partial charge in [0, 0.05) is 33.6 Å². The summed E-state index contributed by atoms with van der Waals surface area (Å²) in [6.07, 6.45) is -3.41. The molecule has 24 heavy (non-hydrogen) atoms. The molecule has 0 aliphatic carbocycles. The third kappa shape index (κ3) is 3.83. The summed E-state index contributed by atoms with van der Waals surface area (Å²) < 4.78 is 38.4. The summed E-state index contributed by atoms with van der Waals surface area (Å²) in [4.78, 5) is 25.1. The van der Waals surface area contributed by atoms with E-state index >= 15 is 0 Å². The van der Waals surface area contributed by atoms with Crippen molar-refractivity contribution in [3.63, 3.8) is 0 Å². The molecule has 136 valence electrons. The number of phosphoric ester groups is 1. The number of aromatic amines is 1. The van der Waals surface area contributed by atoms with E-state index in [1.54, 1.807) is 0 Å². The van der Waals surface area contributed by atoms with Crippen molar-refractivity contribution in [2.45, 2.75) is 24.5 Å². The zero-order valence-corrected chi connectivity index (χ0v) is 14.2. The van der Waals surface area contributed by atoms with Crippen molar-refractivity contribution in [2.24, 2.45) is 0 Å². The first-order valence-electron chi connectivity index (χ1n) is 6.89. The van der Waals surface area contributed by atoms with Gasteiger partial charge >= 0.3 is 13.5 Å². The first kappa shape index (κ1) is 19.0. The lowest BCUT2D eigenvalue weighted by atomic mass is 10.1. The second kappa shape index (κ2) is 7.70. The molecule has 0 bridgehead atoms. The van der Waals surface area contributed by atoms with Crippen LogP contribution >= 0.6 is 7.82 Å². The van der Waals surface area contributed by atoms with E-state index in [1.807, 2.05) is 0 Å². The smallest absolute Gasteiger partial charge is 0.386 e. The van der Waals surface area contributed by atoms with E-state index in [9.17, 15) is 19.3 Å². The molecule has 2 heterocycles. The maximum atomic E-state index is 12.2. The number of methoxy groups -OCH3 is 1. The van der Waals surface area contributed by atoms with Crippen LogP contribution in [0, 0.1) is 0 Å². The van der Waals surface area contributed by atoms with Gasteiger partial charge in [0.25, 0.3) is 5.56 Å². The van der Waals surface area contributed by atoms with Crippen molar-refractivity contribution in [3.8, 4) is 0 Å². The van der Waals surface area contributed by atoms with Crippen molar-refractivity contribution in [3.05, 3.63) is 33.1 Å². The number of nitrogens with one attached hydrogen (secondary N) is 1. The van der Waals surface area contributed by atoms with Crippen LogP contribution in [0.15, 0.2) is 21.9 Å². The fourth-order valence-electron chi connectivity index (χ4n) is 2.32. The Hall–Kier alpha value is -1.33. The first-order chi connectivity index (χ1) is 11.3. The van der Waals surface area contributed by atoms with E-state index in [0.717, 1.165) is 24.9 Å². The van der Waals surface area contributed by atoms with Gasteiger partial charge in [0.05, 0.1) is 6.61 Å². The van der Waals surface area contributed by atoms with Gasteiger partial charge in [-0.15, -0.1) is 0 Å². The molecule has 11 nitrogen and oxygen atoms in total. The molecule has 1 aliphatic rings. The van der Waals surface area contributed by atoms with Crippen LogP contribution in [0.4, 0.5) is 0 Å². The minimum absolute atomic E-state index is 0.0102. The Kier molecular flexibility index (Phi) is 6.10. The molecule has 0 unspecified atom stereocenters. The molecule has 0 amide bonds. The van der Waals surface area contributed by atoms with Crippen LogP contribution in [0.25, 0.3) is 0 Å². The van der Waals surface area contributed by atoms with E-state index in [1.165, 1.54) is 13.3 Å². The summed E-state index contributed by atoms with van der Waals surface area (Å²) in [5.74, 6) is 0. The average molecular weight is 366 g/mol. The summed E-state index contributed by atoms with van der Waals surface area (Å²) in [6, 6.07) is 1.10. The van der Waals surface area contributed by atoms with Crippen LogP contribution < -0.4 is 11.2 Å². The fraction of sp³-hybridized carbons (Fsp3) is 0.667. The lowest BCUT2D eigenvalue weighted by Gasteiger charge is -2.23. The molecule has 0 aromatic carbocycles. The molecule has 0 spiro atoms. The van der Waals surface area contributed by atoms with Gasteiger partial charge < -0.3 is 14.6 Å². The number of ether oxygens (including phenoxy) is 2. The third-order valence-electron chi connectivity index (χ3n) is 3.46. The molecule has 2 rings (SSSR count). The molecule has 1 fully saturated rings. The normalized spacial score (nSPS) is 27.5. The van der Waals surface area contributed by atoms with Gasteiger partial charge in [-0.2, -0.15) is 0 Å². The Balaban J connectivity index is 2.32. The molecule has 0 saturated carbocycles. The predicted octanol–water partition coefficient (Wildman–Crippen LogP) is -0.773. The Morgan fingerprint density at radius 2 is 2.00 bits per heavy atom. The highest BCUT2D eigenvalue weighted by molar-refractivity contribution is 7.48. The summed E-state index contributed by atoms with van der Waals surface area (Å²) in [5.41, 5.74) is -1.36. The summed E-state index contributed by atoms with van der Waals surface area (Å²) in [5, 5.41) is 10.5. The zero-order chi connectivity index (χ0) is 17.9. The Morgan fingerprint density at radius 3 is 2.54 bits per heavy atom. The largest absolute Gasteiger partial charge is 0.474 e. The standard InChI is InChI=1S/C12H19N2O9P/c1-19-6-7-10(23-24(18,20-2)21-3)9(16)11(22-7)14-5-4-8(15)13-12(14)17/h4-5,7,9-11,16H,6H2,1-3H3,(H,13,15,17)/t7-,9-,10-,11-/m1/s1. The van der Waals surface area contributed by atoms with Gasteiger partial charge in [-0.05, 0) is 0 Å². The second-order valence-corrected chi connectivity index (χ2v) is 6.75. The van der Waals surface area contributed by atoms with Crippen molar-refractivity contribution >= 4 is 7.82 Å². The van der Waals surface area contributed by atoms with Crippen LogP contribution in [-0.2, 0) is 27.6 Å². The monoisotopic (exact) mass is 366 g/mol. The van der Waals surface area contributed by atoms with Gasteiger partial charge in [-0.3, -0.25) is 27.9 Å². The van der Waals surface area contributed by atoms with Gasteiger partial charge in [0.15, 0.2) is 6.23 Å². The van der Waals surface area contributed by atoms with Gasteiger partial charge in [-0.25, -0.2) is 9.36 Å². The molecule has 2 N–H and O–H groups in total. The Bertz CT molecular complexity index is 709. The van der Waals surface area contributed by atoms with Crippen molar-refractivity contribution in [1.29, 1.82) is 0 Å². The number of hydrogen-bond donors (Lipinski definition) is 2. The van der Waals surface area contributed by atoms with Crippen molar-refractivity contribution < 1.29 is 32.7 Å². The van der Waals surface area contributed by atoms with Gasteiger partial charge in [0.1, 0.15) is 18.3 Å². The SMILES string of the molecule is COC[C@H]1O[C@@H](n2ccc(=O)[nH]c2=O)[C@H](O)[C@@H]1OP(=O)(OC)OC. The maximum absolute atomic E-state index is 12.2. The summed E-state index contributed by atoms with van der Waals surface area (Å²) in [7, 11) is -0.253. The van der Waals surface area contributed by atoms with E-state index < -0.39 is 43.6 Å². The van der Waals surface area contributed by atoms with E-state index in [2.05, 4.69) is 4.98 Å². The Labute approximate surface area is 136 Å². The fourth-order valence-corrected chi connectivity index (χ4v) is 3.20. The second-order valence-electron chi connectivity index (χ2n) is 4.91. The van der Waals surface area contributed by atoms with E-state index in [0.29, 0.717) is 0 Å². The van der Waals surface area contributed by atoms with Crippen molar-refractivity contribution in [1.82, 2.24) is 9.55 Å². The molecule has 1 aromatic rings. The van der Waals surface area contributed by atoms with Crippen molar-refractivity contribution in [2.75, 3.05) is 27.9 Å². The number of nitrogens with zero attached hydrogens (tertiary/aromatic N) is 1. The van der Waals surface area contributed by atoms with Crippen LogP contribution in [0.1, 0.15) is 6.23 Å². The highest BCUT2D eigenvalue weighted by Crippen LogP contribution is 2.51. The molecule has 0 radical (unpaired) electrons. The predicted molar refractivity (Wildman–Crippen MR) is 79.6 cm³/mol. The zero-order valence-electron chi connectivity index (χ0n) is 13.3. The first-order valence-corrected chi connectivity index (χ1v) is 8.35. The summed E-state index contributed by atoms with van der Waals surface area (Å²) in [6.45, 7) is -0.0102. The number of aromatic nitrogens is 2. The molecule has 12 heteroatoms. The van der Waals surface area contributed by atoms with Crippen LogP contribution in [-0.4, -0.2) is 60.9 Å². The molecular formula is C12H19N2O9P. The molecule has 1 saturated heterocycles. The molecule has 1 aliphatic heterocycles. The molecule has 1 aromatic heterocycles. The minimum atomic E-state index is -3.91. The highest BCUT2D eigenvalue weighted by Gasteiger charge is 2.49. The third-order valence-corrected chi connectivity index (χ3v) is 4.86. The number of aliphatic hydroxyl groups excluding tert-OH is 1. The highest BCUT2D eigenvalue weighted by atomic mass is 31.2. The van der Waals surface area contributed by atoms with Gasteiger partial charge in [0.2, 0.25) is 0 Å². The number of H-pyrrole nitrogens is 1. The van der Waals surface area contributed by atoms with E-state index in [4.69, 9.17) is 23.0 Å². The van der Waals surface area contributed by atoms with Crippen LogP contribution in [0.5, 0.6) is 0 Å². The quantitative estimate of drug-likeness (QED) is 0.595. The molecule has 4 atom stereocenters. The maximum Gasteiger partial charge on any atom is 0.474 e. The van der Waals surface area contributed by atoms with Gasteiger partial charge in [-0.1, -0.05) is 0 Å². The van der Waals surface area contributed by atoms with Crippen LogP contribution in [0.2, 0.25) is 0 Å². The number of aliphatic hydroxyl groups is 1. The summed E-state index contributed by atoms with van der Waals surface area (Å²) >= 11 is 0. The lowest BCUT2D eigenvalue weighted by molar-refractivity contribution is -0.0615. The number of rotatable bonds is 7. The Morgan fingerprint density at radius 1 is 1.33 bits per heavy atom. The number of phosphoric acid groups is 1. The minimum Gasteiger partial charge on any atom is -0.386 e. The molecular weight excluding hydrogens is 347 g/mol. The van der Waals surface area contributed by atoms with E-state index in [-0.39, 0.29) is 6.61 Å². The average Bonchev–Trinajstić information content (AvgIpc) is 2.84.